The number of para-hydroxylation sites is 4. The average Bonchev–Trinajstić information content (AvgIpc) is 3.88. The molecular weight excluding hydrogens is 663 g/mol. The van der Waals surface area contributed by atoms with Gasteiger partial charge in [-0.05, 0) is 77.2 Å². The molecule has 54 heavy (non-hydrogen) atoms. The van der Waals surface area contributed by atoms with Gasteiger partial charge in [-0.2, -0.15) is 0 Å². The molecule has 0 radical (unpaired) electrons. The summed E-state index contributed by atoms with van der Waals surface area (Å²) in [6.07, 6.45) is 0. The zero-order valence-electron chi connectivity index (χ0n) is 29.3. The van der Waals surface area contributed by atoms with Crippen LogP contribution in [0, 0.1) is 6.92 Å². The quantitative estimate of drug-likeness (QED) is 0.185. The topological polar surface area (TPSA) is 38.8 Å². The van der Waals surface area contributed by atoms with Crippen molar-refractivity contribution < 1.29 is 13.6 Å². The van der Waals surface area contributed by atoms with E-state index in [1.165, 1.54) is 22.3 Å². The Kier molecular flexibility index (Phi) is 5.88. The number of aryl methyl sites for hydroxylation is 1. The van der Waals surface area contributed by atoms with E-state index in [1.54, 1.807) is 0 Å². The normalized spacial score (nSPS) is 13.6. The van der Waals surface area contributed by atoms with E-state index in [0.717, 1.165) is 89.1 Å². The van der Waals surface area contributed by atoms with Gasteiger partial charge in [0.05, 0.1) is 22.2 Å². The SMILES string of the molecule is Cc1ccccc1N(c1ccc2c(c1)Oc1c(ccc3oc4ccccc4c13)C21c2ccccc2-c2ccccc21)c1cccc2c1oc1ccccc12. The summed E-state index contributed by atoms with van der Waals surface area (Å²) in [5, 5.41) is 4.21. The number of furan rings is 2. The molecule has 4 nitrogen and oxygen atoms in total. The Morgan fingerprint density at radius 3 is 1.89 bits per heavy atom. The highest BCUT2D eigenvalue weighted by atomic mass is 16.5. The molecule has 0 unspecified atom stereocenters. The molecule has 0 fully saturated rings. The van der Waals surface area contributed by atoms with Crippen LogP contribution >= 0.6 is 0 Å². The zero-order valence-corrected chi connectivity index (χ0v) is 29.3. The number of ether oxygens (including phenoxy) is 1. The Morgan fingerprint density at radius 1 is 0.463 bits per heavy atom. The van der Waals surface area contributed by atoms with Gasteiger partial charge in [0.1, 0.15) is 28.2 Å². The average molecular weight is 694 g/mol. The van der Waals surface area contributed by atoms with Crippen molar-refractivity contribution in [2.24, 2.45) is 0 Å². The van der Waals surface area contributed by atoms with Crippen molar-refractivity contribution >= 4 is 60.9 Å². The third-order valence-electron chi connectivity index (χ3n) is 11.7. The fraction of sp³-hybridized carbons (Fsp3) is 0.0400. The lowest BCUT2D eigenvalue weighted by Gasteiger charge is -2.40. The first-order chi connectivity index (χ1) is 26.7. The summed E-state index contributed by atoms with van der Waals surface area (Å²) in [5.74, 6) is 1.63. The van der Waals surface area contributed by atoms with Crippen molar-refractivity contribution in [2.75, 3.05) is 4.90 Å². The second kappa shape index (κ2) is 10.8. The van der Waals surface area contributed by atoms with Crippen LogP contribution in [0.25, 0.3) is 55.0 Å². The largest absolute Gasteiger partial charge is 0.456 e. The van der Waals surface area contributed by atoms with E-state index in [-0.39, 0.29) is 0 Å². The van der Waals surface area contributed by atoms with Crippen LogP contribution in [-0.4, -0.2) is 0 Å². The molecule has 8 aromatic carbocycles. The molecule has 0 amide bonds. The Hall–Kier alpha value is -7.04. The maximum absolute atomic E-state index is 7.29. The Labute approximate surface area is 311 Å². The van der Waals surface area contributed by atoms with Gasteiger partial charge in [-0.3, -0.25) is 0 Å². The van der Waals surface area contributed by atoms with Crippen molar-refractivity contribution in [2.45, 2.75) is 12.3 Å². The summed E-state index contributed by atoms with van der Waals surface area (Å²) in [5.41, 5.74) is 14.1. The summed E-state index contributed by atoms with van der Waals surface area (Å²) >= 11 is 0. The van der Waals surface area contributed by atoms with Gasteiger partial charge in [0, 0.05) is 39.0 Å². The van der Waals surface area contributed by atoms with Crippen molar-refractivity contribution in [3.05, 3.63) is 198 Å². The highest BCUT2D eigenvalue weighted by Gasteiger charge is 2.51. The Balaban J connectivity index is 1.18. The number of nitrogens with zero attached hydrogens (tertiary/aromatic N) is 1. The minimum absolute atomic E-state index is 0.618. The van der Waals surface area contributed by atoms with E-state index < -0.39 is 5.41 Å². The maximum Gasteiger partial charge on any atom is 0.159 e. The fourth-order valence-electron chi connectivity index (χ4n) is 9.43. The van der Waals surface area contributed by atoms with Gasteiger partial charge in [0.15, 0.2) is 5.58 Å². The van der Waals surface area contributed by atoms with Crippen LogP contribution in [0.1, 0.15) is 27.8 Å². The first-order valence-electron chi connectivity index (χ1n) is 18.4. The number of rotatable bonds is 3. The summed E-state index contributed by atoms with van der Waals surface area (Å²) in [6, 6.07) is 60.3. The number of hydrogen-bond donors (Lipinski definition) is 0. The van der Waals surface area contributed by atoms with Gasteiger partial charge in [0.2, 0.25) is 0 Å². The van der Waals surface area contributed by atoms with Gasteiger partial charge in [-0.15, -0.1) is 0 Å². The molecule has 2 aromatic heterocycles. The highest BCUT2D eigenvalue weighted by molar-refractivity contribution is 6.11. The van der Waals surface area contributed by atoms with Gasteiger partial charge in [0.25, 0.3) is 0 Å². The molecule has 12 rings (SSSR count). The van der Waals surface area contributed by atoms with E-state index >= 15 is 0 Å². The van der Waals surface area contributed by atoms with Crippen molar-refractivity contribution in [1.29, 1.82) is 0 Å². The summed E-state index contributed by atoms with van der Waals surface area (Å²) in [4.78, 5) is 2.32. The monoisotopic (exact) mass is 693 g/mol. The first-order valence-corrected chi connectivity index (χ1v) is 18.4. The molecule has 0 N–H and O–H groups in total. The third-order valence-corrected chi connectivity index (χ3v) is 11.7. The van der Waals surface area contributed by atoms with Crippen LogP contribution in [0.15, 0.2) is 179 Å². The molecule has 10 aromatic rings. The molecule has 1 aliphatic carbocycles. The van der Waals surface area contributed by atoms with E-state index in [9.17, 15) is 0 Å². The zero-order chi connectivity index (χ0) is 35.5. The van der Waals surface area contributed by atoms with Gasteiger partial charge >= 0.3 is 0 Å². The van der Waals surface area contributed by atoms with E-state index in [4.69, 9.17) is 13.6 Å². The van der Waals surface area contributed by atoms with Gasteiger partial charge in [-0.1, -0.05) is 121 Å². The summed E-state index contributed by atoms with van der Waals surface area (Å²) in [6.45, 7) is 2.16. The fourth-order valence-corrected chi connectivity index (χ4v) is 9.43. The van der Waals surface area contributed by atoms with Gasteiger partial charge < -0.3 is 18.5 Å². The van der Waals surface area contributed by atoms with Crippen molar-refractivity contribution in [1.82, 2.24) is 0 Å². The van der Waals surface area contributed by atoms with Crippen LogP contribution in [0.3, 0.4) is 0 Å². The number of hydrogen-bond acceptors (Lipinski definition) is 4. The van der Waals surface area contributed by atoms with Crippen molar-refractivity contribution in [3.63, 3.8) is 0 Å². The van der Waals surface area contributed by atoms with Crippen LogP contribution in [-0.2, 0) is 5.41 Å². The summed E-state index contributed by atoms with van der Waals surface area (Å²) < 4.78 is 20.4. The highest BCUT2D eigenvalue weighted by Crippen LogP contribution is 2.64. The Bertz CT molecular complexity index is 3140. The third kappa shape index (κ3) is 3.76. The van der Waals surface area contributed by atoms with Crippen LogP contribution in [0.5, 0.6) is 11.5 Å². The number of anilines is 3. The molecule has 3 heterocycles. The molecule has 0 saturated carbocycles. The van der Waals surface area contributed by atoms with E-state index in [0.29, 0.717) is 0 Å². The molecule has 4 heteroatoms. The summed E-state index contributed by atoms with van der Waals surface area (Å²) in [7, 11) is 0. The predicted octanol–water partition coefficient (Wildman–Crippen LogP) is 13.7. The van der Waals surface area contributed by atoms with Gasteiger partial charge in [-0.25, -0.2) is 0 Å². The lowest BCUT2D eigenvalue weighted by molar-refractivity contribution is 0.441. The van der Waals surface area contributed by atoms with Crippen LogP contribution in [0.4, 0.5) is 17.1 Å². The number of fused-ring (bicyclic) bond motifs is 16. The standard InChI is InChI=1S/C50H31NO3/c1-30-13-2-9-21-41(30)51(42-22-12-18-35-34-16-5-10-23-43(34)53-48(35)42)31-25-26-39-46(29-31)54-49-40(27-28-45-47(49)36-17-6-11-24-44(36)52-45)50(39)37-19-7-3-14-32(37)33-15-4-8-20-38(33)50/h2-29H,1H3. The maximum atomic E-state index is 7.29. The van der Waals surface area contributed by atoms with Crippen LogP contribution in [0.2, 0.25) is 0 Å². The molecule has 0 saturated heterocycles. The molecule has 254 valence electrons. The molecule has 0 atom stereocenters. The molecule has 1 aliphatic heterocycles. The minimum Gasteiger partial charge on any atom is -0.456 e. The number of benzene rings is 8. The second-order valence-corrected chi connectivity index (χ2v) is 14.4. The van der Waals surface area contributed by atoms with Crippen LogP contribution < -0.4 is 9.64 Å². The lowest BCUT2D eigenvalue weighted by atomic mass is 9.66. The second-order valence-electron chi connectivity index (χ2n) is 14.4. The molecule has 1 spiro atoms. The van der Waals surface area contributed by atoms with E-state index in [1.807, 2.05) is 24.3 Å². The first kappa shape index (κ1) is 29.5. The molecule has 2 aliphatic rings. The van der Waals surface area contributed by atoms with Crippen molar-refractivity contribution in [3.8, 4) is 22.6 Å². The van der Waals surface area contributed by atoms with E-state index in [2.05, 4.69) is 157 Å². The minimum atomic E-state index is -0.618. The molecule has 0 bridgehead atoms. The lowest BCUT2D eigenvalue weighted by Crippen LogP contribution is -2.32. The molecular formula is C50H31NO3. The predicted molar refractivity (Wildman–Crippen MR) is 218 cm³/mol. The Morgan fingerprint density at radius 2 is 1.09 bits per heavy atom. The smallest absolute Gasteiger partial charge is 0.159 e.